The summed E-state index contributed by atoms with van der Waals surface area (Å²) in [6, 6.07) is 8.80. The molecule has 4 rings (SSSR count). The summed E-state index contributed by atoms with van der Waals surface area (Å²) in [6.45, 7) is 8.22. The number of nitrogens with zero attached hydrogens (tertiary/aromatic N) is 6. The van der Waals surface area contributed by atoms with E-state index in [0.717, 1.165) is 56.6 Å². The van der Waals surface area contributed by atoms with Crippen molar-refractivity contribution in [3.05, 3.63) is 47.7 Å². The zero-order valence-corrected chi connectivity index (χ0v) is 15.8. The summed E-state index contributed by atoms with van der Waals surface area (Å²) in [5, 5.41) is 0. The number of aromatic nitrogens is 3. The Hall–Kier alpha value is -2.05. The Morgan fingerprint density at radius 1 is 1.08 bits per heavy atom. The standard InChI is InChI=1S/C20H28N6/c1-16-22-17(14-20(23-16)25-12-10-24(2)11-13-25)15-26-9-5-7-19(26)18-6-3-4-8-21-18/h3-4,6,8,14,19H,5,7,9-13,15H2,1-2H3/t19-/m0/s1. The second kappa shape index (κ2) is 7.68. The topological polar surface area (TPSA) is 48.4 Å². The molecule has 0 saturated carbocycles. The average Bonchev–Trinajstić information content (AvgIpc) is 3.10. The van der Waals surface area contributed by atoms with Gasteiger partial charge in [-0.3, -0.25) is 9.88 Å². The number of rotatable bonds is 4. The first-order valence-corrected chi connectivity index (χ1v) is 9.62. The van der Waals surface area contributed by atoms with Crippen molar-refractivity contribution >= 4 is 5.82 Å². The van der Waals surface area contributed by atoms with Crippen molar-refractivity contribution in [3.63, 3.8) is 0 Å². The summed E-state index contributed by atoms with van der Waals surface area (Å²) in [4.78, 5) is 21.3. The van der Waals surface area contributed by atoms with Gasteiger partial charge in [-0.1, -0.05) is 6.07 Å². The van der Waals surface area contributed by atoms with E-state index in [9.17, 15) is 0 Å². The molecule has 1 atom stereocenters. The molecule has 2 fully saturated rings. The summed E-state index contributed by atoms with van der Waals surface area (Å²) in [6.07, 6.45) is 4.29. The summed E-state index contributed by atoms with van der Waals surface area (Å²) < 4.78 is 0. The number of likely N-dealkylation sites (N-methyl/N-ethyl adjacent to an activating group) is 1. The molecule has 6 heteroatoms. The summed E-state index contributed by atoms with van der Waals surface area (Å²) in [7, 11) is 2.18. The van der Waals surface area contributed by atoms with Gasteiger partial charge in [0.15, 0.2) is 0 Å². The molecule has 0 amide bonds. The predicted molar refractivity (Wildman–Crippen MR) is 103 cm³/mol. The Morgan fingerprint density at radius 3 is 2.69 bits per heavy atom. The average molecular weight is 352 g/mol. The molecule has 0 radical (unpaired) electrons. The van der Waals surface area contributed by atoms with Gasteiger partial charge in [-0.2, -0.15) is 0 Å². The van der Waals surface area contributed by atoms with E-state index in [1.165, 1.54) is 18.5 Å². The highest BCUT2D eigenvalue weighted by atomic mass is 15.3. The Balaban J connectivity index is 1.51. The van der Waals surface area contributed by atoms with Crippen molar-refractivity contribution < 1.29 is 0 Å². The van der Waals surface area contributed by atoms with Gasteiger partial charge in [-0.25, -0.2) is 9.97 Å². The summed E-state index contributed by atoms with van der Waals surface area (Å²) >= 11 is 0. The number of hydrogen-bond acceptors (Lipinski definition) is 6. The minimum absolute atomic E-state index is 0.401. The van der Waals surface area contributed by atoms with Gasteiger partial charge in [-0.05, 0) is 45.5 Å². The normalized spacial score (nSPS) is 22.1. The van der Waals surface area contributed by atoms with Crippen molar-refractivity contribution in [1.29, 1.82) is 0 Å². The van der Waals surface area contributed by atoms with Crippen molar-refractivity contribution in [2.75, 3.05) is 44.7 Å². The molecule has 4 heterocycles. The fourth-order valence-electron chi connectivity index (χ4n) is 4.02. The number of pyridine rings is 1. The van der Waals surface area contributed by atoms with Crippen LogP contribution in [0.25, 0.3) is 0 Å². The molecule has 0 bridgehead atoms. The Kier molecular flexibility index (Phi) is 5.13. The fraction of sp³-hybridized carbons (Fsp3) is 0.550. The largest absolute Gasteiger partial charge is 0.354 e. The van der Waals surface area contributed by atoms with Crippen LogP contribution < -0.4 is 4.90 Å². The highest BCUT2D eigenvalue weighted by molar-refractivity contribution is 5.40. The summed E-state index contributed by atoms with van der Waals surface area (Å²) in [5.41, 5.74) is 2.30. The zero-order valence-electron chi connectivity index (χ0n) is 15.8. The SMILES string of the molecule is Cc1nc(CN2CCC[C@H]2c2ccccn2)cc(N2CCN(C)CC2)n1. The molecule has 0 aromatic carbocycles. The van der Waals surface area contributed by atoms with Gasteiger partial charge in [0.05, 0.1) is 17.4 Å². The quantitative estimate of drug-likeness (QED) is 0.841. The van der Waals surface area contributed by atoms with Crippen molar-refractivity contribution in [2.24, 2.45) is 0 Å². The highest BCUT2D eigenvalue weighted by Gasteiger charge is 2.27. The zero-order chi connectivity index (χ0) is 17.9. The van der Waals surface area contributed by atoms with Crippen molar-refractivity contribution in [2.45, 2.75) is 32.4 Å². The third-order valence-electron chi connectivity index (χ3n) is 5.46. The van der Waals surface area contributed by atoms with Crippen LogP contribution in [0.2, 0.25) is 0 Å². The maximum Gasteiger partial charge on any atom is 0.132 e. The number of hydrogen-bond donors (Lipinski definition) is 0. The molecule has 2 aromatic rings. The molecule has 0 spiro atoms. The molecule has 2 saturated heterocycles. The first-order valence-electron chi connectivity index (χ1n) is 9.62. The Morgan fingerprint density at radius 2 is 1.92 bits per heavy atom. The number of aryl methyl sites for hydroxylation is 1. The van der Waals surface area contributed by atoms with Crippen LogP contribution in [-0.4, -0.2) is 64.5 Å². The molecular weight excluding hydrogens is 324 g/mol. The maximum atomic E-state index is 4.72. The van der Waals surface area contributed by atoms with E-state index in [4.69, 9.17) is 9.97 Å². The predicted octanol–water partition coefficient (Wildman–Crippen LogP) is 2.27. The molecule has 0 unspecified atom stereocenters. The molecule has 138 valence electrons. The van der Waals surface area contributed by atoms with Crippen LogP contribution in [0.15, 0.2) is 30.5 Å². The van der Waals surface area contributed by atoms with Crippen LogP contribution in [0.3, 0.4) is 0 Å². The van der Waals surface area contributed by atoms with E-state index in [1.54, 1.807) is 0 Å². The number of piperazine rings is 1. The lowest BCUT2D eigenvalue weighted by Crippen LogP contribution is -2.45. The van der Waals surface area contributed by atoms with E-state index in [0.29, 0.717) is 6.04 Å². The second-order valence-electron chi connectivity index (χ2n) is 7.44. The molecule has 2 aliphatic rings. The third kappa shape index (κ3) is 3.86. The van der Waals surface area contributed by atoms with Gasteiger partial charge in [0, 0.05) is 45.0 Å². The van der Waals surface area contributed by atoms with Crippen molar-refractivity contribution in [1.82, 2.24) is 24.8 Å². The molecule has 26 heavy (non-hydrogen) atoms. The van der Waals surface area contributed by atoms with Crippen LogP contribution in [0.1, 0.15) is 36.1 Å². The van der Waals surface area contributed by atoms with E-state index >= 15 is 0 Å². The monoisotopic (exact) mass is 352 g/mol. The van der Waals surface area contributed by atoms with E-state index < -0.39 is 0 Å². The molecule has 0 N–H and O–H groups in total. The van der Waals surface area contributed by atoms with E-state index in [-0.39, 0.29) is 0 Å². The molecule has 0 aliphatic carbocycles. The third-order valence-corrected chi connectivity index (χ3v) is 5.46. The second-order valence-corrected chi connectivity index (χ2v) is 7.44. The summed E-state index contributed by atoms with van der Waals surface area (Å²) in [5.74, 6) is 1.94. The van der Waals surface area contributed by atoms with Crippen LogP contribution in [-0.2, 0) is 6.54 Å². The van der Waals surface area contributed by atoms with Gasteiger partial charge >= 0.3 is 0 Å². The van der Waals surface area contributed by atoms with E-state index in [2.05, 4.69) is 44.9 Å². The number of likely N-dealkylation sites (tertiary alicyclic amines) is 1. The van der Waals surface area contributed by atoms with E-state index in [1.807, 2.05) is 19.2 Å². The first kappa shape index (κ1) is 17.4. The van der Waals surface area contributed by atoms with Gasteiger partial charge < -0.3 is 9.80 Å². The lowest BCUT2D eigenvalue weighted by atomic mass is 10.1. The minimum Gasteiger partial charge on any atom is -0.354 e. The van der Waals surface area contributed by atoms with Crippen LogP contribution in [0.5, 0.6) is 0 Å². The Bertz CT molecular complexity index is 726. The fourth-order valence-corrected chi connectivity index (χ4v) is 4.02. The lowest BCUT2D eigenvalue weighted by molar-refractivity contribution is 0.241. The highest BCUT2D eigenvalue weighted by Crippen LogP contribution is 2.32. The molecule has 6 nitrogen and oxygen atoms in total. The lowest BCUT2D eigenvalue weighted by Gasteiger charge is -2.33. The number of anilines is 1. The van der Waals surface area contributed by atoms with Crippen LogP contribution >= 0.6 is 0 Å². The van der Waals surface area contributed by atoms with Crippen LogP contribution in [0, 0.1) is 6.92 Å². The van der Waals surface area contributed by atoms with Crippen LogP contribution in [0.4, 0.5) is 5.82 Å². The van der Waals surface area contributed by atoms with Gasteiger partial charge in [0.1, 0.15) is 11.6 Å². The minimum atomic E-state index is 0.401. The maximum absolute atomic E-state index is 4.72. The first-order chi connectivity index (χ1) is 12.7. The molecular formula is C20H28N6. The molecule has 2 aliphatic heterocycles. The van der Waals surface area contributed by atoms with Gasteiger partial charge in [-0.15, -0.1) is 0 Å². The van der Waals surface area contributed by atoms with Crippen molar-refractivity contribution in [3.8, 4) is 0 Å². The molecule has 2 aromatic heterocycles. The Labute approximate surface area is 155 Å². The van der Waals surface area contributed by atoms with Gasteiger partial charge in [0.2, 0.25) is 0 Å². The van der Waals surface area contributed by atoms with Gasteiger partial charge in [0.25, 0.3) is 0 Å². The smallest absolute Gasteiger partial charge is 0.132 e.